The number of pyridine rings is 1. The molecule has 2 atom stereocenters. The van der Waals surface area contributed by atoms with Gasteiger partial charge in [-0.3, -0.25) is 9.12 Å². The second kappa shape index (κ2) is 8.26. The van der Waals surface area contributed by atoms with E-state index in [0.717, 1.165) is 37.0 Å². The summed E-state index contributed by atoms with van der Waals surface area (Å²) in [6.45, 7) is 12.1. The molecule has 1 N–H and O–H groups in total. The highest BCUT2D eigenvalue weighted by atomic mass is 32.2. The van der Waals surface area contributed by atoms with Crippen LogP contribution in [-0.2, 0) is 10.0 Å². The zero-order valence-electron chi connectivity index (χ0n) is 19.4. The molecule has 2 fully saturated rings. The van der Waals surface area contributed by atoms with E-state index in [1.165, 1.54) is 0 Å². The monoisotopic (exact) mass is 448 g/mol. The number of nitrogens with one attached hydrogen (secondary N) is 1. The van der Waals surface area contributed by atoms with Gasteiger partial charge in [-0.25, -0.2) is 8.42 Å². The average Bonchev–Trinajstić information content (AvgIpc) is 3.60. The Hall–Kier alpha value is -1.83. The molecule has 2 aliphatic carbocycles. The normalized spacial score (nSPS) is 19.4. The Balaban J connectivity index is 1.58. The summed E-state index contributed by atoms with van der Waals surface area (Å²) in [6.07, 6.45) is 7.92. The van der Waals surface area contributed by atoms with Gasteiger partial charge in [-0.05, 0) is 55.3 Å². The van der Waals surface area contributed by atoms with Crippen molar-refractivity contribution in [3.05, 3.63) is 17.8 Å². The number of nitrogens with zero attached hydrogens (tertiary/aromatic N) is 3. The fourth-order valence-corrected chi connectivity index (χ4v) is 5.49. The largest absolute Gasteiger partial charge is 0.493 e. The fraction of sp³-hybridized carbons (Fsp3) is 0.739. The van der Waals surface area contributed by atoms with Crippen molar-refractivity contribution in [3.63, 3.8) is 0 Å². The van der Waals surface area contributed by atoms with E-state index in [4.69, 9.17) is 4.74 Å². The highest BCUT2D eigenvalue weighted by molar-refractivity contribution is 7.93. The number of aromatic nitrogens is 3. The predicted octanol–water partition coefficient (Wildman–Crippen LogP) is 4.99. The molecule has 2 aromatic heterocycles. The Kier molecular flexibility index (Phi) is 5.96. The minimum Gasteiger partial charge on any atom is -0.493 e. The van der Waals surface area contributed by atoms with E-state index >= 15 is 0 Å². The van der Waals surface area contributed by atoms with Crippen molar-refractivity contribution >= 4 is 21.6 Å². The molecule has 8 heteroatoms. The van der Waals surface area contributed by atoms with Crippen LogP contribution in [0.3, 0.4) is 0 Å². The third-order valence-electron chi connectivity index (χ3n) is 6.93. The summed E-state index contributed by atoms with van der Waals surface area (Å²) in [7, 11) is -3.39. The molecule has 2 saturated carbocycles. The number of hydrogen-bond donors (Lipinski definition) is 1. The second-order valence-corrected chi connectivity index (χ2v) is 12.4. The maximum atomic E-state index is 12.4. The maximum absolute atomic E-state index is 12.4. The molecule has 172 valence electrons. The third kappa shape index (κ3) is 4.99. The standard InChI is InChI=1S/C23H36N4O3S/c1-6-7-17(15(2)23(3,4)5)14-30-20-12-21-24-25-22(26-31(28,29)18-10-11-18)27(21)13-19(20)16-8-9-16/h12-13,15-18H,6-11,14H2,1-5H3,(H,25,26). The van der Waals surface area contributed by atoms with Crippen molar-refractivity contribution < 1.29 is 13.2 Å². The summed E-state index contributed by atoms with van der Waals surface area (Å²) in [4.78, 5) is 0. The molecule has 7 nitrogen and oxygen atoms in total. The first kappa shape index (κ1) is 22.4. The highest BCUT2D eigenvalue weighted by Gasteiger charge is 2.37. The summed E-state index contributed by atoms with van der Waals surface area (Å²) in [5, 5.41) is 8.01. The van der Waals surface area contributed by atoms with Gasteiger partial charge in [-0.1, -0.05) is 41.0 Å². The lowest BCUT2D eigenvalue weighted by Gasteiger charge is -2.34. The van der Waals surface area contributed by atoms with Gasteiger partial charge < -0.3 is 4.74 Å². The van der Waals surface area contributed by atoms with Gasteiger partial charge in [0.25, 0.3) is 0 Å². The fourth-order valence-electron chi connectivity index (χ4n) is 4.17. The number of fused-ring (bicyclic) bond motifs is 1. The molecular formula is C23H36N4O3S. The van der Waals surface area contributed by atoms with Crippen LogP contribution >= 0.6 is 0 Å². The van der Waals surface area contributed by atoms with Crippen LogP contribution in [0.25, 0.3) is 5.65 Å². The molecule has 0 aromatic carbocycles. The molecule has 0 saturated heterocycles. The molecule has 2 unspecified atom stereocenters. The SMILES string of the molecule is CCCC(COc1cc2nnc(NS(=O)(=O)C3CC3)n2cc1C1CC1)C(C)C(C)(C)C. The molecule has 4 rings (SSSR count). The van der Waals surface area contributed by atoms with E-state index in [-0.39, 0.29) is 16.6 Å². The average molecular weight is 449 g/mol. The molecule has 0 radical (unpaired) electrons. The predicted molar refractivity (Wildman–Crippen MR) is 123 cm³/mol. The molecule has 2 heterocycles. The molecular weight excluding hydrogens is 412 g/mol. The molecule has 2 aromatic rings. The van der Waals surface area contributed by atoms with Crippen molar-refractivity contribution in [2.75, 3.05) is 11.3 Å². The first-order valence-corrected chi connectivity index (χ1v) is 13.2. The third-order valence-corrected chi connectivity index (χ3v) is 8.75. The van der Waals surface area contributed by atoms with Crippen molar-refractivity contribution in [2.24, 2.45) is 17.3 Å². The summed E-state index contributed by atoms with van der Waals surface area (Å²) < 4.78 is 35.5. The number of anilines is 1. The number of rotatable bonds is 10. The van der Waals surface area contributed by atoms with E-state index in [2.05, 4.69) is 49.5 Å². The number of ether oxygens (including phenoxy) is 1. The lowest BCUT2D eigenvalue weighted by molar-refractivity contribution is 0.114. The number of sulfonamides is 1. The van der Waals surface area contributed by atoms with Gasteiger partial charge in [0.05, 0.1) is 11.9 Å². The van der Waals surface area contributed by atoms with Crippen LogP contribution in [-0.4, -0.2) is 34.9 Å². The first-order valence-electron chi connectivity index (χ1n) is 11.6. The lowest BCUT2D eigenvalue weighted by Crippen LogP contribution is -2.29. The van der Waals surface area contributed by atoms with Crippen LogP contribution in [0.2, 0.25) is 0 Å². The van der Waals surface area contributed by atoms with Gasteiger partial charge in [0.2, 0.25) is 16.0 Å². The molecule has 31 heavy (non-hydrogen) atoms. The Bertz CT molecular complexity index is 1030. The zero-order valence-corrected chi connectivity index (χ0v) is 20.2. The number of hydrogen-bond acceptors (Lipinski definition) is 5. The topological polar surface area (TPSA) is 85.6 Å². The molecule has 0 bridgehead atoms. The first-order chi connectivity index (χ1) is 14.6. The Morgan fingerprint density at radius 3 is 2.52 bits per heavy atom. The minimum absolute atomic E-state index is 0.229. The minimum atomic E-state index is -3.39. The van der Waals surface area contributed by atoms with Gasteiger partial charge >= 0.3 is 0 Å². The van der Waals surface area contributed by atoms with E-state index in [1.807, 2.05) is 12.3 Å². The van der Waals surface area contributed by atoms with Gasteiger partial charge in [0.15, 0.2) is 5.65 Å². The summed E-state index contributed by atoms with van der Waals surface area (Å²) in [6, 6.07) is 1.92. The molecule has 0 spiro atoms. The van der Waals surface area contributed by atoms with Crippen molar-refractivity contribution in [1.82, 2.24) is 14.6 Å². The van der Waals surface area contributed by atoms with Gasteiger partial charge in [-0.15, -0.1) is 10.2 Å². The quantitative estimate of drug-likeness (QED) is 0.553. The summed E-state index contributed by atoms with van der Waals surface area (Å²) in [5.74, 6) is 2.60. The molecule has 0 amide bonds. The van der Waals surface area contributed by atoms with Crippen molar-refractivity contribution in [2.45, 2.75) is 84.3 Å². The van der Waals surface area contributed by atoms with Gasteiger partial charge in [0, 0.05) is 17.8 Å². The zero-order chi connectivity index (χ0) is 22.4. The van der Waals surface area contributed by atoms with Crippen LogP contribution < -0.4 is 9.46 Å². The smallest absolute Gasteiger partial charge is 0.242 e. The van der Waals surface area contributed by atoms with Crippen LogP contribution in [0.1, 0.15) is 84.6 Å². The maximum Gasteiger partial charge on any atom is 0.242 e. The molecule has 2 aliphatic rings. The van der Waals surface area contributed by atoms with Crippen LogP contribution in [0.4, 0.5) is 5.95 Å². The van der Waals surface area contributed by atoms with Crippen LogP contribution in [0.5, 0.6) is 5.75 Å². The second-order valence-electron chi connectivity index (χ2n) is 10.5. The highest BCUT2D eigenvalue weighted by Crippen LogP contribution is 2.45. The summed E-state index contributed by atoms with van der Waals surface area (Å²) >= 11 is 0. The molecule has 0 aliphatic heterocycles. The van der Waals surface area contributed by atoms with Crippen LogP contribution in [0.15, 0.2) is 12.3 Å². The van der Waals surface area contributed by atoms with Crippen molar-refractivity contribution in [1.29, 1.82) is 0 Å². The van der Waals surface area contributed by atoms with Crippen LogP contribution in [0, 0.1) is 17.3 Å². The van der Waals surface area contributed by atoms with Crippen molar-refractivity contribution in [3.8, 4) is 5.75 Å². The summed E-state index contributed by atoms with van der Waals surface area (Å²) in [5.41, 5.74) is 1.95. The Labute approximate surface area is 186 Å². The Morgan fingerprint density at radius 1 is 1.23 bits per heavy atom. The lowest BCUT2D eigenvalue weighted by atomic mass is 9.73. The van der Waals surface area contributed by atoms with E-state index < -0.39 is 10.0 Å². The van der Waals surface area contributed by atoms with E-state index in [1.54, 1.807) is 4.40 Å². The van der Waals surface area contributed by atoms with Gasteiger partial charge in [-0.2, -0.15) is 0 Å². The van der Waals surface area contributed by atoms with E-state index in [0.29, 0.717) is 42.8 Å². The van der Waals surface area contributed by atoms with E-state index in [9.17, 15) is 8.42 Å². The van der Waals surface area contributed by atoms with Gasteiger partial charge in [0.1, 0.15) is 5.75 Å². The Morgan fingerprint density at radius 2 is 1.94 bits per heavy atom.